The summed E-state index contributed by atoms with van der Waals surface area (Å²) in [7, 11) is 0. The zero-order valence-electron chi connectivity index (χ0n) is 17.8. The minimum absolute atomic E-state index is 0.221. The lowest BCUT2D eigenvalue weighted by Crippen LogP contribution is -2.15. The number of amides is 1. The van der Waals surface area contributed by atoms with Crippen LogP contribution in [0.1, 0.15) is 35.8 Å². The normalized spacial score (nSPS) is 12.3. The predicted molar refractivity (Wildman–Crippen MR) is 122 cm³/mol. The molecule has 0 unspecified atom stereocenters. The lowest BCUT2D eigenvalue weighted by atomic mass is 10.2. The highest BCUT2D eigenvalue weighted by molar-refractivity contribution is 7.20. The third kappa shape index (κ3) is 3.99. The average Bonchev–Trinajstić information content (AvgIpc) is 3.50. The smallest absolute Gasteiger partial charge is 0.256 e. The van der Waals surface area contributed by atoms with Crippen LogP contribution in [0.2, 0.25) is 0 Å². The van der Waals surface area contributed by atoms with Gasteiger partial charge in [0, 0.05) is 23.8 Å². The first-order valence-corrected chi connectivity index (χ1v) is 11.2. The van der Waals surface area contributed by atoms with Gasteiger partial charge in [0.1, 0.15) is 11.6 Å². The van der Waals surface area contributed by atoms with Gasteiger partial charge in [-0.05, 0) is 31.5 Å². The van der Waals surface area contributed by atoms with Crippen molar-refractivity contribution in [2.24, 2.45) is 0 Å². The molecule has 8 nitrogen and oxygen atoms in total. The third-order valence-electron chi connectivity index (χ3n) is 4.99. The number of aromatic nitrogens is 3. The van der Waals surface area contributed by atoms with Crippen LogP contribution in [0.15, 0.2) is 42.5 Å². The molecule has 2 aromatic carbocycles. The number of ether oxygens (including phenoxy) is 3. The number of hydrogen-bond donors (Lipinski definition) is 1. The second-order valence-corrected chi connectivity index (χ2v) is 8.45. The van der Waals surface area contributed by atoms with Crippen molar-refractivity contribution in [1.82, 2.24) is 14.8 Å². The Hall–Kier alpha value is -3.59. The molecule has 0 aliphatic carbocycles. The highest BCUT2D eigenvalue weighted by atomic mass is 32.1. The fourth-order valence-corrected chi connectivity index (χ4v) is 4.32. The summed E-state index contributed by atoms with van der Waals surface area (Å²) < 4.78 is 19.2. The first kappa shape index (κ1) is 20.3. The van der Waals surface area contributed by atoms with E-state index in [9.17, 15) is 4.79 Å². The summed E-state index contributed by atoms with van der Waals surface area (Å²) in [6.07, 6.45) is 2.02. The number of nitrogens with one attached hydrogen (secondary N) is 1. The molecular formula is C23H22N4O4S. The highest BCUT2D eigenvalue weighted by Crippen LogP contribution is 2.39. The van der Waals surface area contributed by atoms with Crippen LogP contribution in [0.25, 0.3) is 15.3 Å². The maximum absolute atomic E-state index is 12.9. The van der Waals surface area contributed by atoms with E-state index in [0.717, 1.165) is 28.8 Å². The van der Waals surface area contributed by atoms with E-state index < -0.39 is 0 Å². The van der Waals surface area contributed by atoms with Gasteiger partial charge in [0.25, 0.3) is 5.91 Å². The monoisotopic (exact) mass is 450 g/mol. The number of aryl methyl sites for hydroxylation is 1. The van der Waals surface area contributed by atoms with Gasteiger partial charge < -0.3 is 19.5 Å². The van der Waals surface area contributed by atoms with Gasteiger partial charge in [-0.2, -0.15) is 9.78 Å². The molecule has 4 aromatic rings. The maximum atomic E-state index is 12.9. The molecule has 1 amide bonds. The van der Waals surface area contributed by atoms with Gasteiger partial charge in [-0.15, -0.1) is 0 Å². The van der Waals surface area contributed by atoms with Crippen molar-refractivity contribution in [3.63, 3.8) is 0 Å². The number of fused-ring (bicyclic) bond motifs is 2. The Morgan fingerprint density at radius 2 is 2.06 bits per heavy atom. The van der Waals surface area contributed by atoms with E-state index in [-0.39, 0.29) is 12.7 Å². The Labute approximate surface area is 188 Å². The van der Waals surface area contributed by atoms with Gasteiger partial charge in [0.15, 0.2) is 11.5 Å². The lowest BCUT2D eigenvalue weighted by Gasteiger charge is -2.09. The highest BCUT2D eigenvalue weighted by Gasteiger charge is 2.19. The van der Waals surface area contributed by atoms with Gasteiger partial charge in [-0.1, -0.05) is 30.7 Å². The zero-order valence-corrected chi connectivity index (χ0v) is 18.6. The summed E-state index contributed by atoms with van der Waals surface area (Å²) in [6.45, 7) is 4.83. The van der Waals surface area contributed by atoms with E-state index >= 15 is 0 Å². The fourth-order valence-electron chi connectivity index (χ4n) is 3.38. The predicted octanol–water partition coefficient (Wildman–Crippen LogP) is 4.95. The number of hydrogen-bond acceptors (Lipinski definition) is 7. The topological polar surface area (TPSA) is 87.5 Å². The summed E-state index contributed by atoms with van der Waals surface area (Å²) in [4.78, 5) is 17.6. The summed E-state index contributed by atoms with van der Waals surface area (Å²) in [5.74, 6) is 2.37. The van der Waals surface area contributed by atoms with Gasteiger partial charge >= 0.3 is 0 Å². The molecule has 0 radical (unpaired) electrons. The molecule has 0 saturated heterocycles. The maximum Gasteiger partial charge on any atom is 0.256 e. The Balaban J connectivity index is 1.40. The van der Waals surface area contributed by atoms with Crippen LogP contribution in [0.4, 0.5) is 5.82 Å². The number of thiazole rings is 1. The van der Waals surface area contributed by atoms with E-state index in [4.69, 9.17) is 14.2 Å². The Morgan fingerprint density at radius 3 is 2.91 bits per heavy atom. The molecule has 1 aliphatic rings. The van der Waals surface area contributed by atoms with Crippen LogP contribution in [-0.4, -0.2) is 34.1 Å². The van der Waals surface area contributed by atoms with E-state index in [2.05, 4.69) is 22.3 Å². The first-order valence-electron chi connectivity index (χ1n) is 10.4. The molecule has 5 rings (SSSR count). The fraction of sp³-hybridized carbons (Fsp3) is 0.261. The molecule has 1 N–H and O–H groups in total. The number of unbranched alkanes of at least 4 members (excludes halogenated alkanes) is 1. The van der Waals surface area contributed by atoms with Crippen LogP contribution < -0.4 is 19.5 Å². The number of nitrogens with zero attached hydrogens (tertiary/aromatic N) is 3. The molecule has 0 fully saturated rings. The van der Waals surface area contributed by atoms with Crippen molar-refractivity contribution in [1.29, 1.82) is 0 Å². The standard InChI is InChI=1S/C23H22N4O4S/c1-3-4-8-29-16-7-5-6-15(10-16)22(28)25-21-9-14(2)26-27(21)23-24-17-11-18-19(31-13-30-18)12-20(17)32-23/h5-7,9-12H,3-4,8,13H2,1-2H3,(H,25,28). The van der Waals surface area contributed by atoms with Crippen LogP contribution >= 0.6 is 11.3 Å². The van der Waals surface area contributed by atoms with E-state index in [1.165, 1.54) is 11.3 Å². The molecule has 0 atom stereocenters. The SMILES string of the molecule is CCCCOc1cccc(C(=O)Nc2cc(C)nn2-c2nc3cc4c(cc3s2)OCO4)c1. The number of carbonyl (C=O) groups excluding carboxylic acids is 1. The largest absolute Gasteiger partial charge is 0.494 e. The minimum Gasteiger partial charge on any atom is -0.494 e. The van der Waals surface area contributed by atoms with Gasteiger partial charge in [-0.25, -0.2) is 4.98 Å². The summed E-state index contributed by atoms with van der Waals surface area (Å²) in [5.41, 5.74) is 2.07. The Kier molecular flexibility index (Phi) is 5.40. The van der Waals surface area contributed by atoms with Crippen molar-refractivity contribution in [3.05, 3.63) is 53.7 Å². The van der Waals surface area contributed by atoms with Crippen molar-refractivity contribution >= 4 is 33.3 Å². The summed E-state index contributed by atoms with van der Waals surface area (Å²) >= 11 is 1.46. The van der Waals surface area contributed by atoms with Gasteiger partial charge in [0.05, 0.1) is 22.5 Å². The van der Waals surface area contributed by atoms with E-state index in [1.54, 1.807) is 16.8 Å². The van der Waals surface area contributed by atoms with Crippen molar-refractivity contribution in [2.75, 3.05) is 18.7 Å². The molecule has 1 aliphatic heterocycles. The molecule has 164 valence electrons. The Morgan fingerprint density at radius 1 is 1.22 bits per heavy atom. The molecular weight excluding hydrogens is 428 g/mol. The summed E-state index contributed by atoms with van der Waals surface area (Å²) in [6, 6.07) is 12.8. The van der Waals surface area contributed by atoms with E-state index in [0.29, 0.717) is 40.4 Å². The lowest BCUT2D eigenvalue weighted by molar-refractivity contribution is 0.102. The number of rotatable bonds is 7. The summed E-state index contributed by atoms with van der Waals surface area (Å²) in [5, 5.41) is 8.13. The van der Waals surface area contributed by atoms with Crippen LogP contribution in [-0.2, 0) is 0 Å². The zero-order chi connectivity index (χ0) is 22.1. The molecule has 3 heterocycles. The van der Waals surface area contributed by atoms with Crippen LogP contribution in [0.3, 0.4) is 0 Å². The van der Waals surface area contributed by atoms with Crippen LogP contribution in [0, 0.1) is 6.92 Å². The third-order valence-corrected chi connectivity index (χ3v) is 5.98. The van der Waals surface area contributed by atoms with Gasteiger partial charge in [0.2, 0.25) is 11.9 Å². The van der Waals surface area contributed by atoms with Crippen LogP contribution in [0.5, 0.6) is 17.2 Å². The number of benzene rings is 2. The molecule has 0 bridgehead atoms. The number of carbonyl (C=O) groups is 1. The molecule has 32 heavy (non-hydrogen) atoms. The number of anilines is 1. The second-order valence-electron chi connectivity index (χ2n) is 7.44. The average molecular weight is 451 g/mol. The minimum atomic E-state index is -0.242. The van der Waals surface area contributed by atoms with Crippen molar-refractivity contribution < 1.29 is 19.0 Å². The van der Waals surface area contributed by atoms with Crippen molar-refractivity contribution in [3.8, 4) is 22.4 Å². The quantitative estimate of drug-likeness (QED) is 0.401. The molecule has 9 heteroatoms. The van der Waals surface area contributed by atoms with E-state index in [1.807, 2.05) is 37.3 Å². The molecule has 0 spiro atoms. The Bertz CT molecular complexity index is 1260. The van der Waals surface area contributed by atoms with Gasteiger partial charge in [-0.3, -0.25) is 4.79 Å². The molecule has 2 aromatic heterocycles. The van der Waals surface area contributed by atoms with Crippen molar-refractivity contribution in [2.45, 2.75) is 26.7 Å². The molecule has 0 saturated carbocycles. The first-order chi connectivity index (χ1) is 15.6. The second kappa shape index (κ2) is 8.51.